The highest BCUT2D eigenvalue weighted by atomic mass is 16.6. The van der Waals surface area contributed by atoms with E-state index in [0.29, 0.717) is 23.8 Å². The third kappa shape index (κ3) is 3.44. The minimum atomic E-state index is -0.779. The van der Waals surface area contributed by atoms with Crippen LogP contribution in [0.15, 0.2) is 18.2 Å². The van der Waals surface area contributed by atoms with Gasteiger partial charge < -0.3 is 9.84 Å². The first-order chi connectivity index (χ1) is 9.08. The van der Waals surface area contributed by atoms with Gasteiger partial charge in [-0.2, -0.15) is 0 Å². The maximum Gasteiger partial charge on any atom is 0.270 e. The van der Waals surface area contributed by atoms with Crippen LogP contribution in [0.4, 0.5) is 5.69 Å². The smallest absolute Gasteiger partial charge is 0.270 e. The zero-order valence-corrected chi connectivity index (χ0v) is 11.0. The molecule has 0 heterocycles. The highest BCUT2D eigenvalue weighted by Gasteiger charge is 2.19. The van der Waals surface area contributed by atoms with Crippen molar-refractivity contribution in [3.8, 4) is 5.75 Å². The van der Waals surface area contributed by atoms with Crippen LogP contribution in [0.25, 0.3) is 0 Å². The molecular weight excluding hydrogens is 246 g/mol. The van der Waals surface area contributed by atoms with Crippen LogP contribution in [0.3, 0.4) is 0 Å². The summed E-state index contributed by atoms with van der Waals surface area (Å²) in [6.45, 7) is 2.21. The van der Waals surface area contributed by atoms with Gasteiger partial charge in [0, 0.05) is 17.7 Å². The van der Waals surface area contributed by atoms with E-state index in [0.717, 1.165) is 0 Å². The van der Waals surface area contributed by atoms with Crippen LogP contribution in [0.5, 0.6) is 5.75 Å². The molecule has 0 unspecified atom stereocenters. The average Bonchev–Trinajstić information content (AvgIpc) is 2.89. The molecule has 2 rings (SSSR count). The number of nitro benzene ring substituents is 1. The molecule has 1 saturated carbocycles. The number of non-ortho nitro benzene ring substituents is 1. The second kappa shape index (κ2) is 6.02. The van der Waals surface area contributed by atoms with E-state index in [1.165, 1.54) is 37.8 Å². The van der Waals surface area contributed by atoms with Crippen LogP contribution in [0.2, 0.25) is 0 Å². The summed E-state index contributed by atoms with van der Waals surface area (Å²) < 4.78 is 5.73. The van der Waals surface area contributed by atoms with Gasteiger partial charge >= 0.3 is 0 Å². The molecule has 5 heteroatoms. The van der Waals surface area contributed by atoms with Crippen molar-refractivity contribution in [2.45, 2.75) is 38.7 Å². The highest BCUT2D eigenvalue weighted by molar-refractivity contribution is 5.44. The van der Waals surface area contributed by atoms with Crippen LogP contribution in [0.1, 0.15) is 44.3 Å². The summed E-state index contributed by atoms with van der Waals surface area (Å²) in [5.41, 5.74) is 0.455. The van der Waals surface area contributed by atoms with Crippen LogP contribution in [-0.4, -0.2) is 16.6 Å². The van der Waals surface area contributed by atoms with Crippen molar-refractivity contribution in [3.05, 3.63) is 33.9 Å². The number of aliphatic hydroxyl groups excluding tert-OH is 1. The lowest BCUT2D eigenvalue weighted by Gasteiger charge is -2.15. The predicted octanol–water partition coefficient (Wildman–Crippen LogP) is 3.22. The quantitative estimate of drug-likeness (QED) is 0.655. The predicted molar refractivity (Wildman–Crippen MR) is 71.2 cm³/mol. The van der Waals surface area contributed by atoms with Crippen LogP contribution < -0.4 is 4.74 Å². The normalized spacial score (nSPS) is 17.4. The number of hydrogen-bond acceptors (Lipinski definition) is 4. The molecule has 1 N–H and O–H groups in total. The molecule has 0 bridgehead atoms. The van der Waals surface area contributed by atoms with Gasteiger partial charge in [0.1, 0.15) is 5.75 Å². The minimum absolute atomic E-state index is 0.0240. The number of ether oxygens (including phenoxy) is 1. The molecule has 0 spiro atoms. The Labute approximate surface area is 112 Å². The monoisotopic (exact) mass is 265 g/mol. The summed E-state index contributed by atoms with van der Waals surface area (Å²) >= 11 is 0. The number of aliphatic hydroxyl groups is 1. The average molecular weight is 265 g/mol. The van der Waals surface area contributed by atoms with Crippen molar-refractivity contribution in [2.24, 2.45) is 5.92 Å². The van der Waals surface area contributed by atoms with Gasteiger partial charge in [-0.1, -0.05) is 12.8 Å². The Morgan fingerprint density at radius 2 is 2.16 bits per heavy atom. The van der Waals surface area contributed by atoms with Crippen molar-refractivity contribution in [2.75, 3.05) is 6.61 Å². The van der Waals surface area contributed by atoms with Crippen molar-refractivity contribution in [1.82, 2.24) is 0 Å². The topological polar surface area (TPSA) is 72.6 Å². The second-order valence-electron chi connectivity index (χ2n) is 5.12. The fourth-order valence-electron chi connectivity index (χ4n) is 2.49. The Hall–Kier alpha value is -1.62. The standard InChI is InChI=1S/C14H19NO4/c1-10(16)13-8-12(15(17)18)6-7-14(13)19-9-11-4-2-3-5-11/h6-8,10-11,16H,2-5,9H2,1H3/t10-/m1/s1. The van der Waals surface area contributed by atoms with Gasteiger partial charge in [-0.15, -0.1) is 0 Å². The lowest BCUT2D eigenvalue weighted by atomic mass is 10.1. The van der Waals surface area contributed by atoms with E-state index >= 15 is 0 Å². The Kier molecular flexibility index (Phi) is 4.37. The second-order valence-corrected chi connectivity index (χ2v) is 5.12. The number of benzene rings is 1. The van der Waals surface area contributed by atoms with Gasteiger partial charge in [-0.25, -0.2) is 0 Å². The Bertz CT molecular complexity index is 453. The zero-order valence-electron chi connectivity index (χ0n) is 11.0. The molecule has 1 aliphatic rings. The maximum absolute atomic E-state index is 10.7. The molecule has 0 aliphatic heterocycles. The largest absolute Gasteiger partial charge is 0.493 e. The first-order valence-corrected chi connectivity index (χ1v) is 6.67. The van der Waals surface area contributed by atoms with Gasteiger partial charge in [0.2, 0.25) is 0 Å². The van der Waals surface area contributed by atoms with Gasteiger partial charge in [0.25, 0.3) is 5.69 Å². The van der Waals surface area contributed by atoms with E-state index in [-0.39, 0.29) is 5.69 Å². The summed E-state index contributed by atoms with van der Waals surface area (Å²) in [4.78, 5) is 10.3. The summed E-state index contributed by atoms with van der Waals surface area (Å²) in [5.74, 6) is 1.12. The SMILES string of the molecule is C[C@@H](O)c1cc([N+](=O)[O-])ccc1OCC1CCCC1. The lowest BCUT2D eigenvalue weighted by molar-refractivity contribution is -0.385. The molecule has 0 radical (unpaired) electrons. The molecule has 5 nitrogen and oxygen atoms in total. The Morgan fingerprint density at radius 3 is 2.74 bits per heavy atom. The van der Waals surface area contributed by atoms with E-state index < -0.39 is 11.0 Å². The van der Waals surface area contributed by atoms with E-state index in [9.17, 15) is 15.2 Å². The molecule has 1 aliphatic carbocycles. The Balaban J connectivity index is 2.11. The Morgan fingerprint density at radius 1 is 1.47 bits per heavy atom. The fraction of sp³-hybridized carbons (Fsp3) is 0.571. The van der Waals surface area contributed by atoms with Crippen molar-refractivity contribution < 1.29 is 14.8 Å². The lowest BCUT2D eigenvalue weighted by Crippen LogP contribution is -2.10. The molecule has 1 aromatic rings. The molecule has 0 saturated heterocycles. The summed E-state index contributed by atoms with van der Waals surface area (Å²) in [5, 5.41) is 20.4. The molecule has 0 aromatic heterocycles. The molecule has 1 fully saturated rings. The number of hydrogen-bond donors (Lipinski definition) is 1. The number of nitrogens with zero attached hydrogens (tertiary/aromatic N) is 1. The van der Waals surface area contributed by atoms with E-state index in [4.69, 9.17) is 4.74 Å². The van der Waals surface area contributed by atoms with Gasteiger partial charge in [0.15, 0.2) is 0 Å². The van der Waals surface area contributed by atoms with Gasteiger partial charge in [-0.05, 0) is 31.7 Å². The van der Waals surface area contributed by atoms with Crippen LogP contribution in [0, 0.1) is 16.0 Å². The van der Waals surface area contributed by atoms with Crippen LogP contribution in [-0.2, 0) is 0 Å². The summed E-state index contributed by atoms with van der Waals surface area (Å²) in [6.07, 6.45) is 4.07. The molecule has 1 atom stereocenters. The zero-order chi connectivity index (χ0) is 13.8. The van der Waals surface area contributed by atoms with Crippen molar-refractivity contribution in [3.63, 3.8) is 0 Å². The molecule has 0 amide bonds. The molecule has 1 aromatic carbocycles. The van der Waals surface area contributed by atoms with Crippen molar-refractivity contribution in [1.29, 1.82) is 0 Å². The maximum atomic E-state index is 10.7. The first-order valence-electron chi connectivity index (χ1n) is 6.67. The van der Waals surface area contributed by atoms with Crippen LogP contribution >= 0.6 is 0 Å². The number of nitro groups is 1. The summed E-state index contributed by atoms with van der Waals surface area (Å²) in [7, 11) is 0. The third-order valence-electron chi connectivity index (χ3n) is 3.60. The first kappa shape index (κ1) is 13.8. The van der Waals surface area contributed by atoms with Gasteiger partial charge in [-0.3, -0.25) is 10.1 Å². The van der Waals surface area contributed by atoms with E-state index in [2.05, 4.69) is 0 Å². The van der Waals surface area contributed by atoms with Gasteiger partial charge in [0.05, 0.1) is 17.6 Å². The van der Waals surface area contributed by atoms with E-state index in [1.807, 2.05) is 0 Å². The molecule has 19 heavy (non-hydrogen) atoms. The minimum Gasteiger partial charge on any atom is -0.493 e. The fourth-order valence-corrected chi connectivity index (χ4v) is 2.49. The highest BCUT2D eigenvalue weighted by Crippen LogP contribution is 2.31. The molecule has 104 valence electrons. The van der Waals surface area contributed by atoms with E-state index in [1.54, 1.807) is 13.0 Å². The number of rotatable bonds is 5. The summed E-state index contributed by atoms with van der Waals surface area (Å²) in [6, 6.07) is 4.37. The third-order valence-corrected chi connectivity index (χ3v) is 3.60. The van der Waals surface area contributed by atoms with Crippen molar-refractivity contribution >= 4 is 5.69 Å². The molecular formula is C14H19NO4.